The summed E-state index contributed by atoms with van der Waals surface area (Å²) in [5, 5.41) is 19.6. The van der Waals surface area contributed by atoms with Crippen LogP contribution < -0.4 is 5.32 Å². The van der Waals surface area contributed by atoms with Gasteiger partial charge in [0.1, 0.15) is 6.04 Å². The lowest BCUT2D eigenvalue weighted by atomic mass is 10.1. The summed E-state index contributed by atoms with van der Waals surface area (Å²) in [7, 11) is -3.13. The molecule has 3 N–H and O–H groups in total. The van der Waals surface area contributed by atoms with Crippen LogP contribution in [0, 0.1) is 0 Å². The van der Waals surface area contributed by atoms with Crippen LogP contribution in [-0.2, 0) is 19.4 Å². The summed E-state index contributed by atoms with van der Waals surface area (Å²) in [6.07, 6.45) is -0.617. The van der Waals surface area contributed by atoms with E-state index < -0.39 is 33.8 Å². The lowest BCUT2D eigenvalue weighted by Crippen LogP contribution is -2.52. The zero-order chi connectivity index (χ0) is 15.3. The van der Waals surface area contributed by atoms with Crippen molar-refractivity contribution in [3.63, 3.8) is 0 Å². The summed E-state index contributed by atoms with van der Waals surface area (Å²) in [4.78, 5) is 34.3. The molecule has 0 aromatic rings. The highest BCUT2D eigenvalue weighted by molar-refractivity contribution is 7.91. The molecule has 1 fully saturated rings. The van der Waals surface area contributed by atoms with Crippen LogP contribution in [0.3, 0.4) is 0 Å². The number of carbonyl (C=O) groups is 3. The summed E-state index contributed by atoms with van der Waals surface area (Å²) in [5.74, 6) is -2.81. The maximum atomic E-state index is 11.8. The number of amides is 2. The van der Waals surface area contributed by atoms with E-state index in [2.05, 4.69) is 5.32 Å². The summed E-state index contributed by atoms with van der Waals surface area (Å²) in [6, 6.07) is -2.00. The molecule has 1 aliphatic heterocycles. The third kappa shape index (κ3) is 5.03. The van der Waals surface area contributed by atoms with Crippen molar-refractivity contribution in [2.24, 2.45) is 0 Å². The van der Waals surface area contributed by atoms with E-state index in [1.54, 1.807) is 0 Å². The quantitative estimate of drug-likeness (QED) is 0.575. The Morgan fingerprint density at radius 2 is 1.70 bits per heavy atom. The minimum Gasteiger partial charge on any atom is -0.481 e. The fourth-order valence-corrected chi connectivity index (χ4v) is 2.88. The first kappa shape index (κ1) is 16.2. The van der Waals surface area contributed by atoms with Gasteiger partial charge in [0.25, 0.3) is 0 Å². The molecule has 1 aliphatic rings. The molecule has 1 saturated heterocycles. The number of urea groups is 1. The number of carboxylic acid groups (broad SMARTS) is 2. The number of carbonyl (C=O) groups excluding carboxylic acids is 1. The van der Waals surface area contributed by atoms with Gasteiger partial charge in [0.05, 0.1) is 11.5 Å². The van der Waals surface area contributed by atoms with Gasteiger partial charge in [-0.15, -0.1) is 0 Å². The molecule has 2 amide bonds. The average molecular weight is 308 g/mol. The van der Waals surface area contributed by atoms with Gasteiger partial charge in [0.2, 0.25) is 0 Å². The number of nitrogens with zero attached hydrogens (tertiary/aromatic N) is 1. The lowest BCUT2D eigenvalue weighted by molar-refractivity contribution is -0.140. The van der Waals surface area contributed by atoms with Crippen molar-refractivity contribution in [1.29, 1.82) is 0 Å². The second kappa shape index (κ2) is 6.55. The monoisotopic (exact) mass is 308 g/mol. The molecule has 0 aromatic heterocycles. The third-order valence-corrected chi connectivity index (χ3v) is 4.48. The molecule has 20 heavy (non-hydrogen) atoms. The Kier molecular flexibility index (Phi) is 5.31. The number of hydrogen-bond acceptors (Lipinski definition) is 5. The normalized spacial score (nSPS) is 19.1. The second-order valence-corrected chi connectivity index (χ2v) is 6.72. The predicted molar refractivity (Wildman–Crippen MR) is 67.1 cm³/mol. The number of hydrogen-bond donors (Lipinski definition) is 3. The molecule has 10 heteroatoms. The first-order chi connectivity index (χ1) is 9.21. The molecule has 0 aliphatic carbocycles. The fourth-order valence-electron chi connectivity index (χ4n) is 1.68. The first-order valence-electron chi connectivity index (χ1n) is 5.92. The zero-order valence-electron chi connectivity index (χ0n) is 10.6. The summed E-state index contributed by atoms with van der Waals surface area (Å²) in [6.45, 7) is -0.00112. The molecule has 1 atom stereocenters. The van der Waals surface area contributed by atoms with Gasteiger partial charge in [-0.1, -0.05) is 0 Å². The van der Waals surface area contributed by atoms with Gasteiger partial charge in [0, 0.05) is 19.5 Å². The molecule has 0 spiro atoms. The van der Waals surface area contributed by atoms with E-state index in [9.17, 15) is 22.8 Å². The number of rotatable bonds is 5. The Labute approximate surface area is 115 Å². The van der Waals surface area contributed by atoms with Crippen LogP contribution in [0.4, 0.5) is 4.79 Å². The van der Waals surface area contributed by atoms with Crippen molar-refractivity contribution >= 4 is 27.8 Å². The molecule has 9 nitrogen and oxygen atoms in total. The van der Waals surface area contributed by atoms with Crippen molar-refractivity contribution in [3.8, 4) is 0 Å². The first-order valence-corrected chi connectivity index (χ1v) is 7.74. The predicted octanol–water partition coefficient (Wildman–Crippen LogP) is -1.26. The fraction of sp³-hybridized carbons (Fsp3) is 0.700. The maximum absolute atomic E-state index is 11.8. The van der Waals surface area contributed by atoms with Crippen LogP contribution in [0.2, 0.25) is 0 Å². The summed E-state index contributed by atoms with van der Waals surface area (Å²) >= 11 is 0. The minimum atomic E-state index is -3.13. The van der Waals surface area contributed by atoms with Crippen LogP contribution in [0.25, 0.3) is 0 Å². The topological polar surface area (TPSA) is 141 Å². The maximum Gasteiger partial charge on any atom is 0.326 e. The largest absolute Gasteiger partial charge is 0.481 e. The van der Waals surface area contributed by atoms with Gasteiger partial charge < -0.3 is 20.4 Å². The highest BCUT2D eigenvalue weighted by Gasteiger charge is 2.28. The van der Waals surface area contributed by atoms with Crippen LogP contribution in [0.15, 0.2) is 0 Å². The van der Waals surface area contributed by atoms with Gasteiger partial charge in [-0.3, -0.25) is 4.79 Å². The summed E-state index contributed by atoms with van der Waals surface area (Å²) in [5.41, 5.74) is 0. The molecule has 1 heterocycles. The Morgan fingerprint density at radius 1 is 1.15 bits per heavy atom. The van der Waals surface area contributed by atoms with Gasteiger partial charge >= 0.3 is 18.0 Å². The number of sulfone groups is 1. The SMILES string of the molecule is O=C(O)CC[C@H](NC(=O)N1CCS(=O)(=O)CC1)C(=O)O. The third-order valence-electron chi connectivity index (χ3n) is 2.87. The second-order valence-electron chi connectivity index (χ2n) is 4.41. The standard InChI is InChI=1S/C10H16N2O7S/c13-8(14)2-1-7(9(15)16)11-10(17)12-3-5-20(18,19)6-4-12/h7H,1-6H2,(H,11,17)(H,13,14)(H,15,16)/t7-/m0/s1. The highest BCUT2D eigenvalue weighted by Crippen LogP contribution is 2.05. The molecule has 0 aromatic carbocycles. The zero-order valence-corrected chi connectivity index (χ0v) is 11.4. The lowest BCUT2D eigenvalue weighted by Gasteiger charge is -2.28. The number of nitrogens with one attached hydrogen (secondary N) is 1. The van der Waals surface area contributed by atoms with E-state index in [1.807, 2.05) is 0 Å². The number of carboxylic acids is 2. The Morgan fingerprint density at radius 3 is 2.15 bits per heavy atom. The van der Waals surface area contributed by atoms with Crippen LogP contribution in [-0.4, -0.2) is 72.1 Å². The molecule has 0 unspecified atom stereocenters. The van der Waals surface area contributed by atoms with Crippen molar-refractivity contribution in [2.75, 3.05) is 24.6 Å². The van der Waals surface area contributed by atoms with Crippen molar-refractivity contribution in [1.82, 2.24) is 10.2 Å². The van der Waals surface area contributed by atoms with E-state index in [1.165, 1.54) is 4.90 Å². The van der Waals surface area contributed by atoms with E-state index in [0.717, 1.165) is 0 Å². The summed E-state index contributed by atoms with van der Waals surface area (Å²) < 4.78 is 22.4. The van der Waals surface area contributed by atoms with Gasteiger partial charge in [-0.05, 0) is 6.42 Å². The molecule has 1 rings (SSSR count). The van der Waals surface area contributed by atoms with E-state index in [4.69, 9.17) is 10.2 Å². The smallest absolute Gasteiger partial charge is 0.326 e. The molecule has 114 valence electrons. The Bertz CT molecular complexity index is 488. The molecule has 0 bridgehead atoms. The Balaban J connectivity index is 2.54. The van der Waals surface area contributed by atoms with Gasteiger partial charge in [-0.25, -0.2) is 18.0 Å². The molecule has 0 saturated carbocycles. The highest BCUT2D eigenvalue weighted by atomic mass is 32.2. The van der Waals surface area contributed by atoms with E-state index in [-0.39, 0.29) is 37.4 Å². The molecule has 0 radical (unpaired) electrons. The van der Waals surface area contributed by atoms with Gasteiger partial charge in [0.15, 0.2) is 9.84 Å². The molecular weight excluding hydrogens is 292 g/mol. The van der Waals surface area contributed by atoms with Crippen molar-refractivity contribution < 1.29 is 33.0 Å². The van der Waals surface area contributed by atoms with Crippen LogP contribution in [0.1, 0.15) is 12.8 Å². The van der Waals surface area contributed by atoms with Crippen molar-refractivity contribution in [2.45, 2.75) is 18.9 Å². The van der Waals surface area contributed by atoms with Crippen LogP contribution >= 0.6 is 0 Å². The minimum absolute atomic E-state index is 0.000559. The Hall–Kier alpha value is -1.84. The van der Waals surface area contributed by atoms with Gasteiger partial charge in [-0.2, -0.15) is 0 Å². The van der Waals surface area contributed by atoms with E-state index in [0.29, 0.717) is 0 Å². The van der Waals surface area contributed by atoms with Crippen LogP contribution in [0.5, 0.6) is 0 Å². The molecular formula is C10H16N2O7S. The van der Waals surface area contributed by atoms with Crippen molar-refractivity contribution in [3.05, 3.63) is 0 Å². The number of aliphatic carboxylic acids is 2. The van der Waals surface area contributed by atoms with E-state index >= 15 is 0 Å². The average Bonchev–Trinajstić information content (AvgIpc) is 2.33.